The first-order chi connectivity index (χ1) is 15.7. The zero-order chi connectivity index (χ0) is 24.1. The largest absolute Gasteiger partial charge is 0.444 e. The van der Waals surface area contributed by atoms with Crippen molar-refractivity contribution >= 4 is 17.1 Å². The molecule has 0 spiro atoms. The lowest BCUT2D eigenvalue weighted by atomic mass is 9.75. The van der Waals surface area contributed by atoms with Crippen LogP contribution in [-0.4, -0.2) is 40.9 Å². The van der Waals surface area contributed by atoms with Gasteiger partial charge in [-0.25, -0.2) is 9.78 Å². The van der Waals surface area contributed by atoms with Gasteiger partial charge < -0.3 is 14.8 Å². The van der Waals surface area contributed by atoms with E-state index in [2.05, 4.69) is 27.4 Å². The summed E-state index contributed by atoms with van der Waals surface area (Å²) in [5.74, 6) is 0.448. The highest BCUT2D eigenvalue weighted by Gasteiger charge is 2.38. The first-order valence-corrected chi connectivity index (χ1v) is 11.3. The van der Waals surface area contributed by atoms with E-state index in [1.807, 2.05) is 20.8 Å². The fraction of sp³-hybridized carbons (Fsp3) is 0.560. The Labute approximate surface area is 194 Å². The van der Waals surface area contributed by atoms with Crippen molar-refractivity contribution in [3.63, 3.8) is 0 Å². The number of nitrogens with zero attached hydrogens (tertiary/aromatic N) is 4. The number of methoxy groups -OCH3 is 1. The molecule has 8 heteroatoms. The van der Waals surface area contributed by atoms with E-state index in [0.29, 0.717) is 41.2 Å². The minimum atomic E-state index is -0.555. The van der Waals surface area contributed by atoms with Gasteiger partial charge in [0.05, 0.1) is 28.7 Å². The Kier molecular flexibility index (Phi) is 7.50. The van der Waals surface area contributed by atoms with E-state index in [4.69, 9.17) is 9.47 Å². The van der Waals surface area contributed by atoms with E-state index in [-0.39, 0.29) is 0 Å². The van der Waals surface area contributed by atoms with Gasteiger partial charge in [-0.15, -0.1) is 0 Å². The molecule has 0 unspecified atom stereocenters. The van der Waals surface area contributed by atoms with Crippen molar-refractivity contribution in [2.75, 3.05) is 13.7 Å². The number of rotatable bonds is 6. The van der Waals surface area contributed by atoms with Crippen LogP contribution in [0.2, 0.25) is 0 Å². The molecular formula is C25H31N5O3. The number of carbonyl (C=O) groups excluding carboxylic acids is 1. The van der Waals surface area contributed by atoms with Gasteiger partial charge in [-0.2, -0.15) is 10.5 Å². The maximum Gasteiger partial charge on any atom is 0.408 e. The maximum atomic E-state index is 12.4. The lowest BCUT2D eigenvalue weighted by molar-refractivity contribution is 0.0245. The van der Waals surface area contributed by atoms with Crippen molar-refractivity contribution in [1.82, 2.24) is 15.3 Å². The maximum absolute atomic E-state index is 12.4. The molecule has 1 saturated carbocycles. The van der Waals surface area contributed by atoms with Crippen molar-refractivity contribution in [1.29, 1.82) is 10.5 Å². The molecule has 2 aromatic heterocycles. The number of hydrogen-bond acceptors (Lipinski definition) is 7. The number of aromatic nitrogens is 2. The molecule has 0 aliphatic heterocycles. The standard InChI is InChI=1S/C25H31N5O3/c1-24(2,3)33-23(31)30-25(16-32-4)11-9-17(10-12-25)5-7-20-18(13-26)15-28-21-8-6-19(14-27)29-22(20)21/h6,8,15,17H,5,7,9-12,16H2,1-4H3,(H,30,31). The monoisotopic (exact) mass is 449 g/mol. The lowest BCUT2D eigenvalue weighted by Crippen LogP contribution is -2.54. The first kappa shape index (κ1) is 24.4. The first-order valence-electron chi connectivity index (χ1n) is 11.3. The van der Waals surface area contributed by atoms with Gasteiger partial charge in [0.25, 0.3) is 0 Å². The van der Waals surface area contributed by atoms with Crippen molar-refractivity contribution in [3.8, 4) is 12.1 Å². The quantitative estimate of drug-likeness (QED) is 0.693. The number of amides is 1. The second kappa shape index (κ2) is 10.1. The molecule has 2 aromatic rings. The summed E-state index contributed by atoms with van der Waals surface area (Å²) in [5.41, 5.74) is 1.99. The zero-order valence-electron chi connectivity index (χ0n) is 19.8. The van der Waals surface area contributed by atoms with Crippen molar-refractivity contribution in [2.24, 2.45) is 5.92 Å². The Morgan fingerprint density at radius 3 is 2.58 bits per heavy atom. The number of hydrogen-bond donors (Lipinski definition) is 1. The smallest absolute Gasteiger partial charge is 0.408 e. The number of pyridine rings is 2. The third-order valence-corrected chi connectivity index (χ3v) is 6.10. The van der Waals surface area contributed by atoms with Crippen LogP contribution in [0.25, 0.3) is 11.0 Å². The van der Waals surface area contributed by atoms with Gasteiger partial charge in [0.1, 0.15) is 23.4 Å². The third-order valence-electron chi connectivity index (χ3n) is 6.10. The summed E-state index contributed by atoms with van der Waals surface area (Å²) in [6, 6.07) is 7.69. The molecule has 174 valence electrons. The molecule has 1 aliphatic carbocycles. The van der Waals surface area contributed by atoms with Crippen LogP contribution in [0.1, 0.15) is 69.7 Å². The summed E-state index contributed by atoms with van der Waals surface area (Å²) in [6.07, 6.45) is 6.20. The van der Waals surface area contributed by atoms with Crippen molar-refractivity contribution in [2.45, 2.75) is 70.4 Å². The number of alkyl carbamates (subject to hydrolysis) is 1. The molecule has 0 saturated heterocycles. The highest BCUT2D eigenvalue weighted by atomic mass is 16.6. The summed E-state index contributed by atoms with van der Waals surface area (Å²) in [7, 11) is 1.64. The number of nitrogens with one attached hydrogen (secondary N) is 1. The molecule has 8 nitrogen and oxygen atoms in total. The number of aryl methyl sites for hydroxylation is 1. The second-order valence-corrected chi connectivity index (χ2v) is 9.76. The van der Waals surface area contributed by atoms with Crippen molar-refractivity contribution in [3.05, 3.63) is 35.2 Å². The summed E-state index contributed by atoms with van der Waals surface area (Å²) < 4.78 is 10.9. The lowest BCUT2D eigenvalue weighted by Gasteiger charge is -2.40. The SMILES string of the molecule is COCC1(NC(=O)OC(C)(C)C)CCC(CCc2c(C#N)cnc3ccc(C#N)nc23)CC1. The minimum absolute atomic E-state index is 0.316. The molecular weight excluding hydrogens is 418 g/mol. The van der Waals surface area contributed by atoms with Crippen LogP contribution < -0.4 is 5.32 Å². The van der Waals surface area contributed by atoms with E-state index in [9.17, 15) is 15.3 Å². The highest BCUT2D eigenvalue weighted by molar-refractivity contribution is 5.80. The van der Waals surface area contributed by atoms with Crippen LogP contribution in [0, 0.1) is 28.6 Å². The van der Waals surface area contributed by atoms with Gasteiger partial charge in [0.2, 0.25) is 0 Å². The van der Waals surface area contributed by atoms with Crippen LogP contribution in [0.5, 0.6) is 0 Å². The predicted octanol–water partition coefficient (Wildman–Crippen LogP) is 4.41. The Hall–Kier alpha value is -3.23. The molecule has 33 heavy (non-hydrogen) atoms. The predicted molar refractivity (Wildman–Crippen MR) is 123 cm³/mol. The molecule has 1 amide bonds. The van der Waals surface area contributed by atoms with E-state index < -0.39 is 17.2 Å². The minimum Gasteiger partial charge on any atom is -0.444 e. The summed E-state index contributed by atoms with van der Waals surface area (Å²) in [4.78, 5) is 21.1. The van der Waals surface area contributed by atoms with Gasteiger partial charge in [0.15, 0.2) is 0 Å². The van der Waals surface area contributed by atoms with E-state index in [1.54, 1.807) is 25.4 Å². The van der Waals surface area contributed by atoms with Gasteiger partial charge in [-0.3, -0.25) is 4.98 Å². The molecule has 2 heterocycles. The van der Waals surface area contributed by atoms with Gasteiger partial charge in [0, 0.05) is 13.3 Å². The molecule has 1 aliphatic rings. The number of nitriles is 2. The summed E-state index contributed by atoms with van der Waals surface area (Å²) >= 11 is 0. The van der Waals surface area contributed by atoms with Gasteiger partial charge in [-0.05, 0) is 82.9 Å². The molecule has 0 radical (unpaired) electrons. The number of fused-ring (bicyclic) bond motifs is 1. The molecule has 1 N–H and O–H groups in total. The second-order valence-electron chi connectivity index (χ2n) is 9.76. The van der Waals surface area contributed by atoms with Crippen LogP contribution in [0.3, 0.4) is 0 Å². The van der Waals surface area contributed by atoms with Gasteiger partial charge >= 0.3 is 6.09 Å². The Balaban J connectivity index is 1.69. The van der Waals surface area contributed by atoms with E-state index >= 15 is 0 Å². The Morgan fingerprint density at radius 2 is 1.97 bits per heavy atom. The fourth-order valence-corrected chi connectivity index (χ4v) is 4.50. The Morgan fingerprint density at radius 1 is 1.24 bits per heavy atom. The van der Waals surface area contributed by atoms with Crippen LogP contribution in [-0.2, 0) is 15.9 Å². The van der Waals surface area contributed by atoms with Gasteiger partial charge in [-0.1, -0.05) is 0 Å². The third kappa shape index (κ3) is 6.18. The fourth-order valence-electron chi connectivity index (χ4n) is 4.50. The average Bonchev–Trinajstić information content (AvgIpc) is 2.76. The summed E-state index contributed by atoms with van der Waals surface area (Å²) in [5, 5.41) is 21.9. The number of ether oxygens (including phenoxy) is 2. The normalized spacial score (nSPS) is 20.6. The molecule has 0 bridgehead atoms. The highest BCUT2D eigenvalue weighted by Crippen LogP contribution is 2.36. The van der Waals surface area contributed by atoms with Crippen molar-refractivity contribution < 1.29 is 14.3 Å². The molecule has 3 rings (SSSR count). The van der Waals surface area contributed by atoms with E-state index in [1.165, 1.54) is 0 Å². The van der Waals surface area contributed by atoms with Crippen LogP contribution in [0.4, 0.5) is 4.79 Å². The topological polar surface area (TPSA) is 121 Å². The Bertz CT molecular complexity index is 1080. The molecule has 0 atom stereocenters. The number of carbonyl (C=O) groups is 1. The zero-order valence-corrected chi connectivity index (χ0v) is 19.8. The van der Waals surface area contributed by atoms with Crippen LogP contribution in [0.15, 0.2) is 18.3 Å². The molecule has 1 fully saturated rings. The van der Waals surface area contributed by atoms with Crippen LogP contribution >= 0.6 is 0 Å². The average molecular weight is 450 g/mol. The summed E-state index contributed by atoms with van der Waals surface area (Å²) in [6.45, 7) is 5.98. The van der Waals surface area contributed by atoms with E-state index in [0.717, 1.165) is 37.7 Å². The molecule has 0 aromatic carbocycles.